The van der Waals surface area contributed by atoms with E-state index in [4.69, 9.17) is 16.7 Å². The third-order valence-corrected chi connectivity index (χ3v) is 2.39. The van der Waals surface area contributed by atoms with Crippen LogP contribution in [0, 0.1) is 0 Å². The second-order valence-corrected chi connectivity index (χ2v) is 3.48. The highest BCUT2D eigenvalue weighted by Gasteiger charge is 2.43. The summed E-state index contributed by atoms with van der Waals surface area (Å²) in [4.78, 5) is 21.4. The van der Waals surface area contributed by atoms with E-state index in [0.717, 1.165) is 19.1 Å². The number of alkyl halides is 2. The summed E-state index contributed by atoms with van der Waals surface area (Å²) in [5.41, 5.74) is -1.01. The van der Waals surface area contributed by atoms with Crippen LogP contribution in [0.5, 0.6) is 0 Å². The van der Waals surface area contributed by atoms with Gasteiger partial charge in [-0.15, -0.1) is 0 Å². The molecule has 0 spiro atoms. The van der Waals surface area contributed by atoms with Gasteiger partial charge < -0.3 is 5.11 Å². The minimum absolute atomic E-state index is 0.125. The molecular weight excluding hydrogens is 242 g/mol. The Labute approximate surface area is 94.6 Å². The summed E-state index contributed by atoms with van der Waals surface area (Å²) in [7, 11) is 0. The topological polar surface area (TPSA) is 54.4 Å². The van der Waals surface area contributed by atoms with E-state index in [0.29, 0.717) is 0 Å². The lowest BCUT2D eigenvalue weighted by atomic mass is 10.0. The van der Waals surface area contributed by atoms with E-state index in [1.807, 2.05) is 0 Å². The molecule has 1 aromatic rings. The van der Waals surface area contributed by atoms with Crippen LogP contribution in [-0.2, 0) is 10.7 Å². The number of carbonyl (C=O) groups excluding carboxylic acids is 1. The van der Waals surface area contributed by atoms with E-state index >= 15 is 0 Å². The molecule has 3 nitrogen and oxygen atoms in total. The lowest BCUT2D eigenvalue weighted by molar-refractivity contribution is -0.166. The maximum atomic E-state index is 13.2. The number of carboxylic acid groups (broad SMARTS) is 1. The van der Waals surface area contributed by atoms with Gasteiger partial charge in [-0.25, -0.2) is 4.79 Å². The minimum atomic E-state index is -4.11. The van der Waals surface area contributed by atoms with Gasteiger partial charge in [0.25, 0.3) is 0 Å². The number of carbonyl (C=O) groups is 2. The van der Waals surface area contributed by atoms with Crippen molar-refractivity contribution >= 4 is 23.4 Å². The molecular formula is C10H7ClF2O3. The van der Waals surface area contributed by atoms with Gasteiger partial charge in [0.05, 0.1) is 10.6 Å². The van der Waals surface area contributed by atoms with E-state index < -0.39 is 28.3 Å². The van der Waals surface area contributed by atoms with Crippen molar-refractivity contribution in [1.82, 2.24) is 0 Å². The first kappa shape index (κ1) is 12.6. The molecule has 0 fully saturated rings. The first-order chi connectivity index (χ1) is 7.28. The molecule has 0 aliphatic heterocycles. The number of Topliss-reactive ketones (excluding diaryl/α,β-unsaturated/α-hetero) is 1. The Balaban J connectivity index is 3.42. The molecule has 0 aromatic heterocycles. The number of halogens is 3. The zero-order valence-corrected chi connectivity index (χ0v) is 8.89. The Morgan fingerprint density at radius 1 is 1.38 bits per heavy atom. The van der Waals surface area contributed by atoms with E-state index in [1.54, 1.807) is 0 Å². The highest BCUT2D eigenvalue weighted by molar-refractivity contribution is 6.34. The summed E-state index contributed by atoms with van der Waals surface area (Å²) in [6, 6.07) is 3.30. The Kier molecular flexibility index (Phi) is 3.28. The highest BCUT2D eigenvalue weighted by atomic mass is 35.5. The quantitative estimate of drug-likeness (QED) is 0.837. The standard InChI is InChI=1S/C10H7ClF2O3/c1-5(14)6-3-2-4-7(8(6)11)10(12,13)9(15)16/h2-4H,1H3,(H,15,16). The molecule has 1 rings (SSSR count). The van der Waals surface area contributed by atoms with Gasteiger partial charge >= 0.3 is 11.9 Å². The molecule has 0 aliphatic carbocycles. The van der Waals surface area contributed by atoms with Gasteiger partial charge in [0, 0.05) is 5.56 Å². The van der Waals surface area contributed by atoms with Crippen molar-refractivity contribution in [3.05, 3.63) is 34.3 Å². The van der Waals surface area contributed by atoms with Crippen molar-refractivity contribution < 1.29 is 23.5 Å². The van der Waals surface area contributed by atoms with Crippen LogP contribution in [0.4, 0.5) is 8.78 Å². The molecule has 0 amide bonds. The second kappa shape index (κ2) is 4.17. The van der Waals surface area contributed by atoms with Gasteiger partial charge in [-0.3, -0.25) is 4.79 Å². The van der Waals surface area contributed by atoms with Crippen LogP contribution in [0.3, 0.4) is 0 Å². The first-order valence-corrected chi connectivity index (χ1v) is 4.57. The fourth-order valence-corrected chi connectivity index (χ4v) is 1.54. The molecule has 0 radical (unpaired) electrons. The molecule has 1 N–H and O–H groups in total. The number of hydrogen-bond donors (Lipinski definition) is 1. The lowest BCUT2D eigenvalue weighted by Gasteiger charge is -2.14. The number of aliphatic carboxylic acids is 1. The largest absolute Gasteiger partial charge is 0.477 e. The van der Waals surface area contributed by atoms with Crippen LogP contribution in [-0.4, -0.2) is 16.9 Å². The molecule has 0 atom stereocenters. The first-order valence-electron chi connectivity index (χ1n) is 4.19. The minimum Gasteiger partial charge on any atom is -0.477 e. The predicted molar refractivity (Wildman–Crippen MR) is 53.0 cm³/mol. The monoisotopic (exact) mass is 248 g/mol. The summed E-state index contributed by atoms with van der Waals surface area (Å²) in [6.07, 6.45) is 0. The summed E-state index contributed by atoms with van der Waals surface area (Å²) >= 11 is 5.57. The normalized spacial score (nSPS) is 11.2. The zero-order chi connectivity index (χ0) is 12.5. The number of ketones is 1. The van der Waals surface area contributed by atoms with Gasteiger partial charge in [-0.05, 0) is 13.0 Å². The van der Waals surface area contributed by atoms with Crippen LogP contribution < -0.4 is 0 Å². The number of carboxylic acids is 1. The molecule has 86 valence electrons. The maximum absolute atomic E-state index is 13.2. The third kappa shape index (κ3) is 2.04. The van der Waals surface area contributed by atoms with E-state index in [-0.39, 0.29) is 5.56 Å². The maximum Gasteiger partial charge on any atom is 0.379 e. The van der Waals surface area contributed by atoms with Crippen molar-refractivity contribution in [2.45, 2.75) is 12.8 Å². The van der Waals surface area contributed by atoms with Crippen molar-refractivity contribution in [2.75, 3.05) is 0 Å². The third-order valence-electron chi connectivity index (χ3n) is 1.98. The van der Waals surface area contributed by atoms with Gasteiger partial charge in [0.15, 0.2) is 5.78 Å². The molecule has 0 saturated heterocycles. The predicted octanol–water partition coefficient (Wildman–Crippen LogP) is 2.72. The number of rotatable bonds is 3. The fraction of sp³-hybridized carbons (Fsp3) is 0.200. The number of benzene rings is 1. The molecule has 16 heavy (non-hydrogen) atoms. The average molecular weight is 249 g/mol. The summed E-state index contributed by atoms with van der Waals surface area (Å²) < 4.78 is 26.4. The van der Waals surface area contributed by atoms with Crippen molar-refractivity contribution in [2.24, 2.45) is 0 Å². The van der Waals surface area contributed by atoms with Crippen LogP contribution >= 0.6 is 11.6 Å². The summed E-state index contributed by atoms with van der Waals surface area (Å²) in [5, 5.41) is 7.83. The summed E-state index contributed by atoms with van der Waals surface area (Å²) in [6.45, 7) is 1.16. The lowest BCUT2D eigenvalue weighted by Crippen LogP contribution is -2.26. The zero-order valence-electron chi connectivity index (χ0n) is 8.13. The van der Waals surface area contributed by atoms with E-state index in [9.17, 15) is 18.4 Å². The van der Waals surface area contributed by atoms with Crippen molar-refractivity contribution in [3.8, 4) is 0 Å². The van der Waals surface area contributed by atoms with Gasteiger partial charge in [0.1, 0.15) is 0 Å². The molecule has 0 aliphatic rings. The van der Waals surface area contributed by atoms with E-state index in [1.165, 1.54) is 6.07 Å². The Hall–Kier alpha value is -1.49. The van der Waals surface area contributed by atoms with Crippen LogP contribution in [0.25, 0.3) is 0 Å². The number of hydrogen-bond acceptors (Lipinski definition) is 2. The van der Waals surface area contributed by atoms with E-state index in [2.05, 4.69) is 0 Å². The van der Waals surface area contributed by atoms with Gasteiger partial charge in [0.2, 0.25) is 0 Å². The molecule has 0 saturated carbocycles. The molecule has 0 bridgehead atoms. The van der Waals surface area contributed by atoms with Crippen molar-refractivity contribution in [1.29, 1.82) is 0 Å². The second-order valence-electron chi connectivity index (χ2n) is 3.10. The SMILES string of the molecule is CC(=O)c1cccc(C(F)(F)C(=O)O)c1Cl. The van der Waals surface area contributed by atoms with Gasteiger partial charge in [-0.1, -0.05) is 23.7 Å². The van der Waals surface area contributed by atoms with Crippen LogP contribution in [0.15, 0.2) is 18.2 Å². The smallest absolute Gasteiger partial charge is 0.379 e. The fourth-order valence-electron chi connectivity index (χ4n) is 1.16. The van der Waals surface area contributed by atoms with Crippen LogP contribution in [0.2, 0.25) is 5.02 Å². The molecule has 6 heteroatoms. The molecule has 0 heterocycles. The molecule has 1 aromatic carbocycles. The Bertz CT molecular complexity index is 457. The average Bonchev–Trinajstić information content (AvgIpc) is 2.16. The Morgan fingerprint density at radius 3 is 2.38 bits per heavy atom. The van der Waals surface area contributed by atoms with Crippen LogP contribution in [0.1, 0.15) is 22.8 Å². The molecule has 0 unspecified atom stereocenters. The Morgan fingerprint density at radius 2 is 1.94 bits per heavy atom. The van der Waals surface area contributed by atoms with Gasteiger partial charge in [-0.2, -0.15) is 8.78 Å². The van der Waals surface area contributed by atoms with Crippen molar-refractivity contribution in [3.63, 3.8) is 0 Å². The summed E-state index contributed by atoms with van der Waals surface area (Å²) in [5.74, 6) is -6.93. The highest BCUT2D eigenvalue weighted by Crippen LogP contribution is 2.35.